The average molecular weight is 247 g/mol. The summed E-state index contributed by atoms with van der Waals surface area (Å²) in [5.74, 6) is 1.91. The quantitative estimate of drug-likeness (QED) is 0.801. The van der Waals surface area contributed by atoms with E-state index in [9.17, 15) is 0 Å². The number of nitrogens with one attached hydrogen (secondary N) is 1. The highest BCUT2D eigenvalue weighted by Crippen LogP contribution is 2.30. The predicted molar refractivity (Wildman–Crippen MR) is 74.3 cm³/mol. The van der Waals surface area contributed by atoms with Crippen molar-refractivity contribution in [2.24, 2.45) is 5.92 Å². The maximum atomic E-state index is 4.40. The molecule has 0 radical (unpaired) electrons. The van der Waals surface area contributed by atoms with Crippen molar-refractivity contribution in [3.8, 4) is 0 Å². The van der Waals surface area contributed by atoms with Gasteiger partial charge in [0.15, 0.2) is 0 Å². The number of nitrogens with zero attached hydrogens (tertiary/aromatic N) is 2. The summed E-state index contributed by atoms with van der Waals surface area (Å²) < 4.78 is 0. The van der Waals surface area contributed by atoms with Crippen LogP contribution in [0.4, 0.5) is 0 Å². The Labute approximate surface area is 110 Å². The second kappa shape index (κ2) is 7.47. The molecule has 18 heavy (non-hydrogen) atoms. The minimum Gasteiger partial charge on any atom is -0.307 e. The highest BCUT2D eigenvalue weighted by atomic mass is 15.0. The molecule has 1 unspecified atom stereocenters. The van der Waals surface area contributed by atoms with Crippen LogP contribution in [-0.2, 0) is 0 Å². The standard InChI is InChI=1S/C15H25N3/c1-2-10-16-14(15-17-11-5-12-18-15)9-8-13-6-3-4-7-13/h5,11-14,16H,2-4,6-10H2,1H3. The van der Waals surface area contributed by atoms with E-state index < -0.39 is 0 Å². The van der Waals surface area contributed by atoms with Crippen molar-refractivity contribution in [3.63, 3.8) is 0 Å². The zero-order valence-corrected chi connectivity index (χ0v) is 11.4. The summed E-state index contributed by atoms with van der Waals surface area (Å²) in [5.41, 5.74) is 0. The molecule has 1 aliphatic rings. The molecule has 0 aromatic carbocycles. The van der Waals surface area contributed by atoms with Crippen LogP contribution in [0.15, 0.2) is 18.5 Å². The first kappa shape index (κ1) is 13.5. The van der Waals surface area contributed by atoms with Crippen molar-refractivity contribution in [2.45, 2.75) is 57.9 Å². The molecule has 1 saturated carbocycles. The van der Waals surface area contributed by atoms with Crippen molar-refractivity contribution in [2.75, 3.05) is 6.54 Å². The van der Waals surface area contributed by atoms with Gasteiger partial charge in [0.2, 0.25) is 0 Å². The Bertz CT molecular complexity index is 320. The second-order valence-corrected chi connectivity index (χ2v) is 5.34. The molecule has 1 heterocycles. The number of hydrogen-bond acceptors (Lipinski definition) is 3. The van der Waals surface area contributed by atoms with Crippen molar-refractivity contribution < 1.29 is 0 Å². The Morgan fingerprint density at radius 1 is 1.28 bits per heavy atom. The fourth-order valence-electron chi connectivity index (χ4n) is 2.83. The first-order valence-electron chi connectivity index (χ1n) is 7.40. The lowest BCUT2D eigenvalue weighted by molar-refractivity contribution is 0.401. The summed E-state index contributed by atoms with van der Waals surface area (Å²) in [6.07, 6.45) is 13.1. The third-order valence-electron chi connectivity index (χ3n) is 3.88. The van der Waals surface area contributed by atoms with E-state index in [0.29, 0.717) is 6.04 Å². The van der Waals surface area contributed by atoms with Crippen molar-refractivity contribution in [1.29, 1.82) is 0 Å². The molecule has 100 valence electrons. The molecule has 0 amide bonds. The van der Waals surface area contributed by atoms with Crippen molar-refractivity contribution in [1.82, 2.24) is 15.3 Å². The monoisotopic (exact) mass is 247 g/mol. The minimum atomic E-state index is 0.340. The van der Waals surface area contributed by atoms with E-state index in [4.69, 9.17) is 0 Å². The van der Waals surface area contributed by atoms with Crippen LogP contribution in [0.5, 0.6) is 0 Å². The molecule has 1 atom stereocenters. The van der Waals surface area contributed by atoms with Gasteiger partial charge in [-0.25, -0.2) is 9.97 Å². The molecule has 3 nitrogen and oxygen atoms in total. The number of hydrogen-bond donors (Lipinski definition) is 1. The molecule has 2 rings (SSSR count). The van der Waals surface area contributed by atoms with Crippen molar-refractivity contribution >= 4 is 0 Å². The Morgan fingerprint density at radius 2 is 2.00 bits per heavy atom. The second-order valence-electron chi connectivity index (χ2n) is 5.34. The lowest BCUT2D eigenvalue weighted by Gasteiger charge is -2.18. The third kappa shape index (κ3) is 4.05. The lowest BCUT2D eigenvalue weighted by Crippen LogP contribution is -2.24. The number of aromatic nitrogens is 2. The first-order valence-corrected chi connectivity index (χ1v) is 7.40. The topological polar surface area (TPSA) is 37.8 Å². The van der Waals surface area contributed by atoms with Gasteiger partial charge in [-0.05, 0) is 37.8 Å². The molecule has 1 fully saturated rings. The summed E-state index contributed by atoms with van der Waals surface area (Å²) in [7, 11) is 0. The zero-order valence-electron chi connectivity index (χ0n) is 11.4. The van der Waals surface area contributed by atoms with Gasteiger partial charge in [-0.1, -0.05) is 32.6 Å². The van der Waals surface area contributed by atoms with Crippen LogP contribution >= 0.6 is 0 Å². The lowest BCUT2D eigenvalue weighted by atomic mass is 9.98. The largest absolute Gasteiger partial charge is 0.307 e. The summed E-state index contributed by atoms with van der Waals surface area (Å²) >= 11 is 0. The molecular formula is C15H25N3. The van der Waals surface area contributed by atoms with Gasteiger partial charge in [0, 0.05) is 12.4 Å². The van der Waals surface area contributed by atoms with Crippen LogP contribution in [0, 0.1) is 5.92 Å². The van der Waals surface area contributed by atoms with Gasteiger partial charge < -0.3 is 5.32 Å². The van der Waals surface area contributed by atoms with E-state index in [-0.39, 0.29) is 0 Å². The highest BCUT2D eigenvalue weighted by Gasteiger charge is 2.19. The van der Waals surface area contributed by atoms with Crippen LogP contribution in [0.25, 0.3) is 0 Å². The molecular weight excluding hydrogens is 222 g/mol. The Kier molecular flexibility index (Phi) is 5.59. The summed E-state index contributed by atoms with van der Waals surface area (Å²) in [6, 6.07) is 2.23. The molecule has 1 N–H and O–H groups in total. The molecule has 1 aromatic heterocycles. The molecule has 1 aromatic rings. The normalized spacial score (nSPS) is 18.1. The molecule has 0 aliphatic heterocycles. The van der Waals surface area contributed by atoms with E-state index in [0.717, 1.165) is 24.7 Å². The summed E-state index contributed by atoms with van der Waals surface area (Å²) in [6.45, 7) is 3.25. The van der Waals surface area contributed by atoms with Gasteiger partial charge in [-0.15, -0.1) is 0 Å². The Morgan fingerprint density at radius 3 is 2.67 bits per heavy atom. The van der Waals surface area contributed by atoms with Gasteiger partial charge in [0.05, 0.1) is 6.04 Å². The van der Waals surface area contributed by atoms with Gasteiger partial charge >= 0.3 is 0 Å². The number of rotatable bonds is 7. The fraction of sp³-hybridized carbons (Fsp3) is 0.733. The fourth-order valence-corrected chi connectivity index (χ4v) is 2.83. The van der Waals surface area contributed by atoms with Gasteiger partial charge in [-0.2, -0.15) is 0 Å². The highest BCUT2D eigenvalue weighted by molar-refractivity contribution is 4.96. The summed E-state index contributed by atoms with van der Waals surface area (Å²) in [5, 5.41) is 3.58. The van der Waals surface area contributed by atoms with Crippen LogP contribution in [0.3, 0.4) is 0 Å². The first-order chi connectivity index (χ1) is 8.90. The predicted octanol–water partition coefficient (Wildman–Crippen LogP) is 3.49. The van der Waals surface area contributed by atoms with E-state index >= 15 is 0 Å². The van der Waals surface area contributed by atoms with E-state index in [1.165, 1.54) is 38.5 Å². The maximum absolute atomic E-state index is 4.40. The average Bonchev–Trinajstić information content (AvgIpc) is 2.93. The van der Waals surface area contributed by atoms with Crippen LogP contribution in [0.2, 0.25) is 0 Å². The molecule has 0 bridgehead atoms. The molecule has 1 aliphatic carbocycles. The van der Waals surface area contributed by atoms with Crippen LogP contribution in [0.1, 0.15) is 63.7 Å². The maximum Gasteiger partial charge on any atom is 0.145 e. The molecule has 0 spiro atoms. The van der Waals surface area contributed by atoms with Crippen molar-refractivity contribution in [3.05, 3.63) is 24.3 Å². The van der Waals surface area contributed by atoms with Gasteiger partial charge in [-0.3, -0.25) is 0 Å². The summed E-state index contributed by atoms with van der Waals surface area (Å²) in [4.78, 5) is 8.81. The Balaban J connectivity index is 1.87. The van der Waals surface area contributed by atoms with Crippen LogP contribution < -0.4 is 5.32 Å². The smallest absolute Gasteiger partial charge is 0.145 e. The SMILES string of the molecule is CCCNC(CCC1CCCC1)c1ncccn1. The van der Waals surface area contributed by atoms with Crippen LogP contribution in [-0.4, -0.2) is 16.5 Å². The van der Waals surface area contributed by atoms with E-state index in [2.05, 4.69) is 22.2 Å². The zero-order chi connectivity index (χ0) is 12.6. The van der Waals surface area contributed by atoms with E-state index in [1.54, 1.807) is 0 Å². The Hall–Kier alpha value is -0.960. The van der Waals surface area contributed by atoms with Gasteiger partial charge in [0.25, 0.3) is 0 Å². The third-order valence-corrected chi connectivity index (χ3v) is 3.88. The van der Waals surface area contributed by atoms with E-state index in [1.807, 2.05) is 18.5 Å². The molecule has 0 saturated heterocycles. The minimum absolute atomic E-state index is 0.340. The molecule has 3 heteroatoms. The van der Waals surface area contributed by atoms with Gasteiger partial charge in [0.1, 0.15) is 5.82 Å².